The summed E-state index contributed by atoms with van der Waals surface area (Å²) in [6.45, 7) is -0.443. The van der Waals surface area contributed by atoms with E-state index >= 15 is 0 Å². The molecule has 0 spiro atoms. The number of carbonyl (C=O) groups excluding carboxylic acids is 3. The molecule has 0 saturated heterocycles. The van der Waals surface area contributed by atoms with Gasteiger partial charge < -0.3 is 9.30 Å². The Labute approximate surface area is 157 Å². The van der Waals surface area contributed by atoms with Crippen molar-refractivity contribution < 1.29 is 19.1 Å². The second kappa shape index (κ2) is 6.12. The van der Waals surface area contributed by atoms with E-state index in [0.717, 1.165) is 32.1 Å². The second-order valence-corrected chi connectivity index (χ2v) is 9.15. The quantitative estimate of drug-likeness (QED) is 0.644. The van der Waals surface area contributed by atoms with Gasteiger partial charge in [0.15, 0.2) is 6.61 Å². The highest BCUT2D eigenvalue weighted by molar-refractivity contribution is 6.24. The van der Waals surface area contributed by atoms with Gasteiger partial charge in [-0.25, -0.2) is 0 Å². The minimum Gasteiger partial charge on any atom is -0.455 e. The molecule has 0 unspecified atom stereocenters. The van der Waals surface area contributed by atoms with Gasteiger partial charge in [0, 0.05) is 18.1 Å². The van der Waals surface area contributed by atoms with E-state index in [4.69, 9.17) is 16.3 Å². The number of nitrogens with one attached hydrogen (secondary N) is 1. The van der Waals surface area contributed by atoms with Gasteiger partial charge >= 0.3 is 5.97 Å². The predicted molar refractivity (Wildman–Crippen MR) is 94.5 cm³/mol. The number of nitrogens with zero attached hydrogens (tertiary/aromatic N) is 1. The lowest BCUT2D eigenvalue weighted by molar-refractivity contribution is -0.171. The van der Waals surface area contributed by atoms with Gasteiger partial charge in [-0.1, -0.05) is 0 Å². The Hall–Kier alpha value is -1.82. The lowest BCUT2D eigenvalue weighted by atomic mass is 9.49. The first-order chi connectivity index (χ1) is 12.3. The number of hydrogen-bond donors (Lipinski definition) is 1. The van der Waals surface area contributed by atoms with E-state index in [-0.39, 0.29) is 10.8 Å². The fourth-order valence-corrected chi connectivity index (χ4v) is 6.29. The van der Waals surface area contributed by atoms with Crippen LogP contribution >= 0.6 is 11.6 Å². The van der Waals surface area contributed by atoms with Crippen molar-refractivity contribution in [2.45, 2.75) is 43.4 Å². The first-order valence-corrected chi connectivity index (χ1v) is 9.48. The number of alkyl halides is 1. The molecule has 1 heterocycles. The number of esters is 1. The molecule has 4 bridgehead atoms. The lowest BCUT2D eigenvalue weighted by Crippen LogP contribution is -2.56. The predicted octanol–water partition coefficient (Wildman–Crippen LogP) is 2.40. The number of hydrogen-bond acceptors (Lipinski definition) is 4. The summed E-state index contributed by atoms with van der Waals surface area (Å²) in [4.78, 5) is 36.5. The maximum absolute atomic E-state index is 12.8. The highest BCUT2D eigenvalue weighted by Crippen LogP contribution is 2.64. The number of aromatic nitrogens is 1. The number of amides is 2. The van der Waals surface area contributed by atoms with Gasteiger partial charge in [0.05, 0.1) is 5.41 Å². The van der Waals surface area contributed by atoms with Crippen LogP contribution in [0.25, 0.3) is 0 Å². The van der Waals surface area contributed by atoms with Crippen LogP contribution in [0, 0.1) is 17.3 Å². The van der Waals surface area contributed by atoms with Crippen molar-refractivity contribution in [2.24, 2.45) is 24.3 Å². The molecular formula is C19H23ClN2O4. The molecule has 2 atom stereocenters. The molecule has 1 aromatic rings. The molecule has 5 rings (SSSR count). The third-order valence-electron chi connectivity index (χ3n) is 6.19. The van der Waals surface area contributed by atoms with Crippen LogP contribution in [0.1, 0.15) is 49.0 Å². The molecule has 0 aromatic carbocycles. The molecule has 26 heavy (non-hydrogen) atoms. The van der Waals surface area contributed by atoms with Crippen molar-refractivity contribution in [1.29, 1.82) is 0 Å². The summed E-state index contributed by atoms with van der Waals surface area (Å²) < 4.78 is 6.93. The number of rotatable bonds is 4. The average molecular weight is 379 g/mol. The van der Waals surface area contributed by atoms with Crippen LogP contribution in [0.3, 0.4) is 0 Å². The van der Waals surface area contributed by atoms with E-state index in [1.165, 1.54) is 0 Å². The first-order valence-electron chi connectivity index (χ1n) is 9.10. The van der Waals surface area contributed by atoms with E-state index in [0.29, 0.717) is 24.0 Å². The van der Waals surface area contributed by atoms with Crippen molar-refractivity contribution in [3.05, 3.63) is 24.0 Å². The van der Waals surface area contributed by atoms with Crippen LogP contribution in [-0.4, -0.2) is 33.8 Å². The molecule has 4 fully saturated rings. The fourth-order valence-electron chi connectivity index (χ4n) is 5.60. The maximum Gasteiger partial charge on any atom is 0.312 e. The minimum absolute atomic E-state index is 0.284. The van der Waals surface area contributed by atoms with Crippen molar-refractivity contribution in [3.63, 3.8) is 0 Å². The summed E-state index contributed by atoms with van der Waals surface area (Å²) in [6, 6.07) is 3.33. The molecule has 4 aliphatic rings. The largest absolute Gasteiger partial charge is 0.455 e. The van der Waals surface area contributed by atoms with Crippen LogP contribution in [0.15, 0.2) is 18.3 Å². The normalized spacial score (nSPS) is 34.5. The molecule has 140 valence electrons. The van der Waals surface area contributed by atoms with Crippen molar-refractivity contribution >= 4 is 29.4 Å². The minimum atomic E-state index is -0.616. The van der Waals surface area contributed by atoms with E-state index in [2.05, 4.69) is 5.32 Å². The summed E-state index contributed by atoms with van der Waals surface area (Å²) in [5.41, 5.74) is -0.177. The Kier molecular flexibility index (Phi) is 4.14. The van der Waals surface area contributed by atoms with Crippen LogP contribution in [-0.2, 0) is 21.4 Å². The third kappa shape index (κ3) is 3.04. The SMILES string of the molecule is Cn1cccc1C(=O)NC(=O)COC(=O)C12C[C@@H]3C[C@H](CC(Cl)(C3)C1)C2. The van der Waals surface area contributed by atoms with Crippen LogP contribution in [0.5, 0.6) is 0 Å². The molecule has 4 saturated carbocycles. The molecule has 6 nitrogen and oxygen atoms in total. The Morgan fingerprint density at radius 1 is 1.27 bits per heavy atom. The Balaban J connectivity index is 1.35. The molecule has 4 aliphatic carbocycles. The summed E-state index contributed by atoms with van der Waals surface area (Å²) in [6.07, 6.45) is 7.07. The molecule has 2 amide bonds. The second-order valence-electron chi connectivity index (χ2n) is 8.35. The van der Waals surface area contributed by atoms with Gasteiger partial charge in [-0.3, -0.25) is 19.7 Å². The third-order valence-corrected chi connectivity index (χ3v) is 6.63. The zero-order chi connectivity index (χ0) is 18.5. The van der Waals surface area contributed by atoms with Crippen molar-refractivity contribution in [1.82, 2.24) is 9.88 Å². The fraction of sp³-hybridized carbons (Fsp3) is 0.632. The Bertz CT molecular complexity index is 757. The van der Waals surface area contributed by atoms with E-state index in [1.54, 1.807) is 29.9 Å². The van der Waals surface area contributed by atoms with E-state index < -0.39 is 23.8 Å². The zero-order valence-corrected chi connectivity index (χ0v) is 15.6. The summed E-state index contributed by atoms with van der Waals surface area (Å²) in [5, 5.41) is 2.26. The summed E-state index contributed by atoms with van der Waals surface area (Å²) in [7, 11) is 1.72. The van der Waals surface area contributed by atoms with Gasteiger partial charge in [-0.15, -0.1) is 11.6 Å². The van der Waals surface area contributed by atoms with Gasteiger partial charge in [0.2, 0.25) is 0 Å². The number of halogens is 1. The van der Waals surface area contributed by atoms with Gasteiger partial charge in [-0.05, 0) is 62.5 Å². The Morgan fingerprint density at radius 3 is 2.54 bits per heavy atom. The molecule has 0 radical (unpaired) electrons. The standard InChI is InChI=1S/C19H23ClN2O4/c1-22-4-2-3-14(22)16(24)21-15(23)10-26-17(25)18-6-12-5-13(7-18)9-19(20,8-12)11-18/h2-4,12-13H,5-11H2,1H3,(H,21,23,24)/t12-,13-,18?,19?/m0/s1. The lowest BCUT2D eigenvalue weighted by Gasteiger charge is -2.58. The summed E-state index contributed by atoms with van der Waals surface area (Å²) in [5.74, 6) is -0.496. The molecule has 0 aliphatic heterocycles. The number of imide groups is 1. The van der Waals surface area contributed by atoms with Crippen molar-refractivity contribution in [3.8, 4) is 0 Å². The number of ether oxygens (including phenoxy) is 1. The molecule has 1 aromatic heterocycles. The summed E-state index contributed by atoms with van der Waals surface area (Å²) >= 11 is 6.73. The van der Waals surface area contributed by atoms with Crippen molar-refractivity contribution in [2.75, 3.05) is 6.61 Å². The van der Waals surface area contributed by atoms with E-state index in [1.807, 2.05) is 0 Å². The van der Waals surface area contributed by atoms with Gasteiger partial charge in [0.25, 0.3) is 11.8 Å². The van der Waals surface area contributed by atoms with Gasteiger partial charge in [0.1, 0.15) is 5.69 Å². The highest BCUT2D eigenvalue weighted by atomic mass is 35.5. The van der Waals surface area contributed by atoms with Crippen LogP contribution in [0.4, 0.5) is 0 Å². The maximum atomic E-state index is 12.8. The smallest absolute Gasteiger partial charge is 0.312 e. The number of aryl methyl sites for hydroxylation is 1. The first kappa shape index (κ1) is 17.6. The topological polar surface area (TPSA) is 77.4 Å². The van der Waals surface area contributed by atoms with Crippen LogP contribution in [0.2, 0.25) is 0 Å². The zero-order valence-electron chi connectivity index (χ0n) is 14.8. The number of carbonyl (C=O) groups is 3. The van der Waals surface area contributed by atoms with E-state index in [9.17, 15) is 14.4 Å². The van der Waals surface area contributed by atoms with Crippen LogP contribution < -0.4 is 5.32 Å². The molecular weight excluding hydrogens is 356 g/mol. The molecule has 7 heteroatoms. The Morgan fingerprint density at radius 2 is 1.96 bits per heavy atom. The van der Waals surface area contributed by atoms with Gasteiger partial charge in [-0.2, -0.15) is 0 Å². The highest BCUT2D eigenvalue weighted by Gasteiger charge is 2.60. The molecule has 1 N–H and O–H groups in total. The average Bonchev–Trinajstić information content (AvgIpc) is 2.96. The monoisotopic (exact) mass is 378 g/mol.